The molecule has 7 heteroatoms. The van der Waals surface area contributed by atoms with E-state index >= 15 is 0 Å². The van der Waals surface area contributed by atoms with Crippen LogP contribution in [0, 0.1) is 5.82 Å². The highest BCUT2D eigenvalue weighted by Crippen LogP contribution is 2.20. The quantitative estimate of drug-likeness (QED) is 0.554. The maximum absolute atomic E-state index is 12.8. The number of hydrogen-bond acceptors (Lipinski definition) is 5. The number of para-hydroxylation sites is 1. The van der Waals surface area contributed by atoms with E-state index in [2.05, 4.69) is 5.10 Å². The first-order valence-corrected chi connectivity index (χ1v) is 8.64. The van der Waals surface area contributed by atoms with Crippen LogP contribution >= 0.6 is 0 Å². The molecule has 1 heterocycles. The van der Waals surface area contributed by atoms with Crippen LogP contribution in [0.1, 0.15) is 19.3 Å². The molecule has 0 atom stereocenters. The number of nitrogens with zero attached hydrogens (tertiary/aromatic N) is 2. The lowest BCUT2D eigenvalue weighted by Gasteiger charge is -2.22. The van der Waals surface area contributed by atoms with Crippen LogP contribution in [0.15, 0.2) is 59.7 Å². The summed E-state index contributed by atoms with van der Waals surface area (Å²) < 4.78 is 23.5. The standard InChI is InChI=1S/C20H19FN2O4/c21-15-7-9-17(10-8-15)26-13-4-14-27-20(25)18-11-12-19(24)23(22-18)16-5-2-1-3-6-16/h1-3,5-10H,4,11-14H2. The van der Waals surface area contributed by atoms with Gasteiger partial charge in [-0.3, -0.25) is 4.79 Å². The van der Waals surface area contributed by atoms with Crippen LogP contribution in [-0.4, -0.2) is 30.8 Å². The Balaban J connectivity index is 1.47. The van der Waals surface area contributed by atoms with Crippen molar-refractivity contribution >= 4 is 23.3 Å². The lowest BCUT2D eigenvalue weighted by Crippen LogP contribution is -2.35. The third-order valence-corrected chi connectivity index (χ3v) is 3.87. The van der Waals surface area contributed by atoms with E-state index < -0.39 is 5.97 Å². The number of benzene rings is 2. The first kappa shape index (κ1) is 18.6. The summed E-state index contributed by atoms with van der Waals surface area (Å²) in [5, 5.41) is 5.38. The Hall–Kier alpha value is -3.22. The largest absolute Gasteiger partial charge is 0.493 e. The van der Waals surface area contributed by atoms with Crippen molar-refractivity contribution in [2.75, 3.05) is 18.2 Å². The van der Waals surface area contributed by atoms with Crippen LogP contribution in [0.4, 0.5) is 10.1 Å². The van der Waals surface area contributed by atoms with Crippen molar-refractivity contribution in [2.24, 2.45) is 5.10 Å². The van der Waals surface area contributed by atoms with Gasteiger partial charge in [-0.2, -0.15) is 5.10 Å². The van der Waals surface area contributed by atoms with E-state index in [1.807, 2.05) is 6.07 Å². The molecular formula is C20H19FN2O4. The molecule has 1 aliphatic heterocycles. The van der Waals surface area contributed by atoms with Crippen LogP contribution in [0.25, 0.3) is 0 Å². The number of anilines is 1. The van der Waals surface area contributed by atoms with E-state index in [1.165, 1.54) is 29.3 Å². The number of carbonyl (C=O) groups excluding carboxylic acids is 2. The molecule has 1 amide bonds. The second-order valence-corrected chi connectivity index (χ2v) is 5.88. The van der Waals surface area contributed by atoms with E-state index in [0.29, 0.717) is 24.5 Å². The van der Waals surface area contributed by atoms with Gasteiger partial charge in [0.05, 0.1) is 18.9 Å². The van der Waals surface area contributed by atoms with Gasteiger partial charge in [0, 0.05) is 19.3 Å². The summed E-state index contributed by atoms with van der Waals surface area (Å²) in [6.07, 6.45) is 0.946. The smallest absolute Gasteiger partial charge is 0.354 e. The third kappa shape index (κ3) is 5.13. The lowest BCUT2D eigenvalue weighted by molar-refractivity contribution is -0.136. The number of ether oxygens (including phenoxy) is 2. The minimum absolute atomic E-state index is 0.162. The minimum atomic E-state index is -0.537. The topological polar surface area (TPSA) is 68.2 Å². The molecule has 0 N–H and O–H groups in total. The van der Waals surface area contributed by atoms with Gasteiger partial charge in [0.2, 0.25) is 5.91 Å². The van der Waals surface area contributed by atoms with Crippen LogP contribution in [-0.2, 0) is 14.3 Å². The fraction of sp³-hybridized carbons (Fsp3) is 0.250. The van der Waals surface area contributed by atoms with Gasteiger partial charge in [0.25, 0.3) is 0 Å². The van der Waals surface area contributed by atoms with Crippen molar-refractivity contribution in [1.82, 2.24) is 0 Å². The molecule has 2 aromatic carbocycles. The van der Waals surface area contributed by atoms with Gasteiger partial charge in [0.1, 0.15) is 17.3 Å². The Bertz CT molecular complexity index is 822. The highest BCUT2D eigenvalue weighted by atomic mass is 19.1. The van der Waals surface area contributed by atoms with Crippen molar-refractivity contribution in [3.8, 4) is 5.75 Å². The van der Waals surface area contributed by atoms with Crippen LogP contribution in [0.3, 0.4) is 0 Å². The number of rotatable bonds is 7. The SMILES string of the molecule is O=C(OCCCOc1ccc(F)cc1)C1=NN(c2ccccc2)C(=O)CC1. The number of halogens is 1. The number of esters is 1. The highest BCUT2D eigenvalue weighted by Gasteiger charge is 2.26. The van der Waals surface area contributed by atoms with Gasteiger partial charge in [-0.15, -0.1) is 0 Å². The Labute approximate surface area is 156 Å². The molecule has 27 heavy (non-hydrogen) atoms. The van der Waals surface area contributed by atoms with Crippen molar-refractivity contribution in [2.45, 2.75) is 19.3 Å². The lowest BCUT2D eigenvalue weighted by atomic mass is 10.1. The van der Waals surface area contributed by atoms with Crippen LogP contribution in [0.2, 0.25) is 0 Å². The fourth-order valence-corrected chi connectivity index (χ4v) is 2.50. The zero-order chi connectivity index (χ0) is 19.1. The van der Waals surface area contributed by atoms with Gasteiger partial charge in [-0.05, 0) is 36.4 Å². The van der Waals surface area contributed by atoms with Gasteiger partial charge in [0.15, 0.2) is 0 Å². The second kappa shape index (κ2) is 8.93. The average Bonchev–Trinajstić information content (AvgIpc) is 2.70. The number of hydrogen-bond donors (Lipinski definition) is 0. The van der Waals surface area contributed by atoms with E-state index in [0.717, 1.165) is 0 Å². The predicted octanol–water partition coefficient (Wildman–Crippen LogP) is 3.32. The Morgan fingerprint density at radius 1 is 1.04 bits per heavy atom. The molecule has 0 saturated carbocycles. The van der Waals surface area contributed by atoms with Crippen LogP contribution in [0.5, 0.6) is 5.75 Å². The van der Waals surface area contributed by atoms with E-state index in [1.54, 1.807) is 24.3 Å². The molecule has 0 radical (unpaired) electrons. The molecule has 0 spiro atoms. The monoisotopic (exact) mass is 370 g/mol. The van der Waals surface area contributed by atoms with Gasteiger partial charge in [-0.25, -0.2) is 14.2 Å². The van der Waals surface area contributed by atoms with Crippen molar-refractivity contribution < 1.29 is 23.5 Å². The molecule has 2 aromatic rings. The zero-order valence-corrected chi connectivity index (χ0v) is 14.6. The zero-order valence-electron chi connectivity index (χ0n) is 14.6. The third-order valence-electron chi connectivity index (χ3n) is 3.87. The number of amides is 1. The first-order chi connectivity index (χ1) is 13.1. The summed E-state index contributed by atoms with van der Waals surface area (Å²) in [6.45, 7) is 0.498. The van der Waals surface area contributed by atoms with E-state index in [-0.39, 0.29) is 36.9 Å². The normalized spacial score (nSPS) is 13.9. The molecule has 3 rings (SSSR count). The second-order valence-electron chi connectivity index (χ2n) is 5.88. The summed E-state index contributed by atoms with van der Waals surface area (Å²) in [4.78, 5) is 24.2. The van der Waals surface area contributed by atoms with E-state index in [4.69, 9.17) is 9.47 Å². The van der Waals surface area contributed by atoms with Gasteiger partial charge < -0.3 is 9.47 Å². The summed E-state index contributed by atoms with van der Waals surface area (Å²) >= 11 is 0. The fourth-order valence-electron chi connectivity index (χ4n) is 2.50. The predicted molar refractivity (Wildman–Crippen MR) is 98.1 cm³/mol. The Morgan fingerprint density at radius 2 is 1.78 bits per heavy atom. The van der Waals surface area contributed by atoms with Crippen molar-refractivity contribution in [3.05, 3.63) is 60.4 Å². The molecule has 6 nitrogen and oxygen atoms in total. The maximum Gasteiger partial charge on any atom is 0.354 e. The highest BCUT2D eigenvalue weighted by molar-refractivity contribution is 6.38. The molecule has 0 saturated heterocycles. The first-order valence-electron chi connectivity index (χ1n) is 8.64. The molecular weight excluding hydrogens is 351 g/mol. The minimum Gasteiger partial charge on any atom is -0.493 e. The van der Waals surface area contributed by atoms with Crippen molar-refractivity contribution in [3.63, 3.8) is 0 Å². The molecule has 0 aromatic heterocycles. The van der Waals surface area contributed by atoms with E-state index in [9.17, 15) is 14.0 Å². The number of hydrazone groups is 1. The Kier molecular flexibility index (Phi) is 6.14. The molecule has 140 valence electrons. The average molecular weight is 370 g/mol. The van der Waals surface area contributed by atoms with Crippen molar-refractivity contribution in [1.29, 1.82) is 0 Å². The summed E-state index contributed by atoms with van der Waals surface area (Å²) in [7, 11) is 0. The number of carbonyl (C=O) groups is 2. The summed E-state index contributed by atoms with van der Waals surface area (Å²) in [6, 6.07) is 14.6. The van der Waals surface area contributed by atoms with Crippen LogP contribution < -0.4 is 9.75 Å². The maximum atomic E-state index is 12.8. The van der Waals surface area contributed by atoms with Gasteiger partial charge >= 0.3 is 5.97 Å². The summed E-state index contributed by atoms with van der Waals surface area (Å²) in [5.41, 5.74) is 0.832. The molecule has 0 aliphatic carbocycles. The molecule has 0 unspecified atom stereocenters. The molecule has 0 fully saturated rings. The van der Waals surface area contributed by atoms with Gasteiger partial charge in [-0.1, -0.05) is 18.2 Å². The Morgan fingerprint density at radius 3 is 2.52 bits per heavy atom. The summed E-state index contributed by atoms with van der Waals surface area (Å²) in [5.74, 6) is -0.473. The molecule has 1 aliphatic rings. The molecule has 0 bridgehead atoms.